The van der Waals surface area contributed by atoms with E-state index in [9.17, 15) is 5.11 Å². The van der Waals surface area contributed by atoms with Crippen molar-refractivity contribution in [3.8, 4) is 0 Å². The minimum absolute atomic E-state index is 0.452. The summed E-state index contributed by atoms with van der Waals surface area (Å²) in [5.74, 6) is 1.44. The highest BCUT2D eigenvalue weighted by atomic mass is 16.5. The molecule has 1 aromatic rings. The van der Waals surface area contributed by atoms with Gasteiger partial charge in [0.2, 0.25) is 0 Å². The van der Waals surface area contributed by atoms with Crippen LogP contribution in [0, 0.1) is 5.92 Å². The molecule has 146 valence electrons. The minimum Gasteiger partial charge on any atom is -0.388 e. The number of benzene rings is 1. The van der Waals surface area contributed by atoms with E-state index < -0.39 is 5.60 Å². The average molecular weight is 362 g/mol. The van der Waals surface area contributed by atoms with E-state index in [1.165, 1.54) is 5.56 Å². The molecule has 1 heterocycles. The van der Waals surface area contributed by atoms with Crippen LogP contribution in [0.2, 0.25) is 0 Å². The Balaban J connectivity index is 1.83. The van der Waals surface area contributed by atoms with Crippen molar-refractivity contribution < 1.29 is 9.84 Å². The first-order valence-corrected chi connectivity index (χ1v) is 9.97. The van der Waals surface area contributed by atoms with E-state index in [4.69, 9.17) is 9.73 Å². The van der Waals surface area contributed by atoms with Crippen LogP contribution >= 0.6 is 0 Å². The van der Waals surface area contributed by atoms with Crippen molar-refractivity contribution in [2.45, 2.75) is 52.2 Å². The minimum atomic E-state index is -0.696. The molecular weight excluding hydrogens is 326 g/mol. The van der Waals surface area contributed by atoms with Crippen molar-refractivity contribution in [3.05, 3.63) is 35.9 Å². The first kappa shape index (κ1) is 20.7. The van der Waals surface area contributed by atoms with Gasteiger partial charge < -0.3 is 20.1 Å². The normalized spacial score (nSPS) is 18.4. The summed E-state index contributed by atoms with van der Waals surface area (Å²) in [6, 6.07) is 10.3. The monoisotopic (exact) mass is 361 g/mol. The quantitative estimate of drug-likeness (QED) is 0.524. The maximum Gasteiger partial charge on any atom is 0.194 e. The topological polar surface area (TPSA) is 57.1 Å². The molecule has 1 aliphatic rings. The van der Waals surface area contributed by atoms with Gasteiger partial charge in [0.1, 0.15) is 0 Å². The van der Waals surface area contributed by atoms with Crippen LogP contribution in [-0.2, 0) is 11.3 Å². The van der Waals surface area contributed by atoms with E-state index in [-0.39, 0.29) is 0 Å². The fourth-order valence-electron chi connectivity index (χ4n) is 3.20. The van der Waals surface area contributed by atoms with Gasteiger partial charge in [-0.25, -0.2) is 0 Å². The Hall–Kier alpha value is -1.59. The van der Waals surface area contributed by atoms with E-state index in [1.54, 1.807) is 0 Å². The SMILES string of the molecule is CCNC(=NCC(O)(CC)CC)N1CCC(COCc2ccccc2)C1. The van der Waals surface area contributed by atoms with Crippen molar-refractivity contribution in [1.82, 2.24) is 10.2 Å². The van der Waals surface area contributed by atoms with Gasteiger partial charge in [-0.2, -0.15) is 0 Å². The summed E-state index contributed by atoms with van der Waals surface area (Å²) in [4.78, 5) is 7.01. The fourth-order valence-corrected chi connectivity index (χ4v) is 3.20. The van der Waals surface area contributed by atoms with Gasteiger partial charge in [0.05, 0.1) is 25.4 Å². The molecule has 0 radical (unpaired) electrons. The molecule has 5 heteroatoms. The number of rotatable bonds is 9. The van der Waals surface area contributed by atoms with Gasteiger partial charge in [-0.15, -0.1) is 0 Å². The van der Waals surface area contributed by atoms with Gasteiger partial charge >= 0.3 is 0 Å². The van der Waals surface area contributed by atoms with Gasteiger partial charge in [-0.3, -0.25) is 4.99 Å². The summed E-state index contributed by atoms with van der Waals surface area (Å²) in [6.07, 6.45) is 2.57. The molecule has 26 heavy (non-hydrogen) atoms. The number of aliphatic hydroxyl groups is 1. The third-order valence-electron chi connectivity index (χ3n) is 5.22. The smallest absolute Gasteiger partial charge is 0.194 e. The summed E-state index contributed by atoms with van der Waals surface area (Å²) in [5.41, 5.74) is 0.522. The van der Waals surface area contributed by atoms with Crippen LogP contribution in [0.3, 0.4) is 0 Å². The fraction of sp³-hybridized carbons (Fsp3) is 0.667. The number of nitrogens with one attached hydrogen (secondary N) is 1. The number of nitrogens with zero attached hydrogens (tertiary/aromatic N) is 2. The highest BCUT2D eigenvalue weighted by Crippen LogP contribution is 2.19. The standard InChI is InChI=1S/C21H35N3O2/c1-4-21(25,5-2)17-23-20(22-6-3)24-13-12-19(14-24)16-26-15-18-10-8-7-9-11-18/h7-11,19,25H,4-6,12-17H2,1-3H3,(H,22,23). The molecule has 5 nitrogen and oxygen atoms in total. The van der Waals surface area contributed by atoms with Crippen LogP contribution < -0.4 is 5.32 Å². The molecule has 0 bridgehead atoms. The lowest BCUT2D eigenvalue weighted by Gasteiger charge is -2.26. The van der Waals surface area contributed by atoms with Crippen molar-refractivity contribution in [3.63, 3.8) is 0 Å². The molecule has 1 aromatic carbocycles. The first-order valence-electron chi connectivity index (χ1n) is 9.97. The van der Waals surface area contributed by atoms with E-state index in [0.29, 0.717) is 19.1 Å². The summed E-state index contributed by atoms with van der Waals surface area (Å²) in [6.45, 7) is 10.8. The number of ether oxygens (including phenoxy) is 1. The summed E-state index contributed by atoms with van der Waals surface area (Å²) in [7, 11) is 0. The van der Waals surface area contributed by atoms with Crippen LogP contribution in [0.1, 0.15) is 45.6 Å². The molecule has 0 aliphatic carbocycles. The zero-order valence-corrected chi connectivity index (χ0v) is 16.6. The Morgan fingerprint density at radius 2 is 2.00 bits per heavy atom. The van der Waals surface area contributed by atoms with Gasteiger partial charge in [0, 0.05) is 25.6 Å². The zero-order chi connectivity index (χ0) is 18.8. The lowest BCUT2D eigenvalue weighted by atomic mass is 9.98. The van der Waals surface area contributed by atoms with Crippen LogP contribution in [0.4, 0.5) is 0 Å². The summed E-state index contributed by atoms with van der Waals surface area (Å²) >= 11 is 0. The molecule has 0 spiro atoms. The van der Waals surface area contributed by atoms with E-state index >= 15 is 0 Å². The second-order valence-corrected chi connectivity index (χ2v) is 7.20. The third-order valence-corrected chi connectivity index (χ3v) is 5.22. The third kappa shape index (κ3) is 6.29. The molecule has 0 saturated carbocycles. The summed E-state index contributed by atoms with van der Waals surface area (Å²) < 4.78 is 5.91. The number of aliphatic imine (C=N–C) groups is 1. The second kappa shape index (κ2) is 10.5. The van der Waals surface area contributed by atoms with Crippen LogP contribution in [-0.4, -0.2) is 54.4 Å². The molecule has 1 atom stereocenters. The number of hydrogen-bond acceptors (Lipinski definition) is 3. The van der Waals surface area contributed by atoms with Crippen molar-refractivity contribution in [2.75, 3.05) is 32.8 Å². The van der Waals surface area contributed by atoms with Crippen molar-refractivity contribution in [1.29, 1.82) is 0 Å². The molecule has 1 saturated heterocycles. The predicted octanol–water partition coefficient (Wildman–Crippen LogP) is 3.04. The van der Waals surface area contributed by atoms with Crippen molar-refractivity contribution in [2.24, 2.45) is 10.9 Å². The van der Waals surface area contributed by atoms with E-state index in [0.717, 1.165) is 51.5 Å². The molecule has 1 unspecified atom stereocenters. The Kier molecular flexibility index (Phi) is 8.39. The van der Waals surface area contributed by atoms with Crippen LogP contribution in [0.25, 0.3) is 0 Å². The summed E-state index contributed by atoms with van der Waals surface area (Å²) in [5, 5.41) is 13.9. The maximum atomic E-state index is 10.5. The molecule has 2 rings (SSSR count). The average Bonchev–Trinajstić information content (AvgIpc) is 3.14. The lowest BCUT2D eigenvalue weighted by molar-refractivity contribution is 0.0415. The Morgan fingerprint density at radius 3 is 2.65 bits per heavy atom. The van der Waals surface area contributed by atoms with Gasteiger partial charge in [0.25, 0.3) is 0 Å². The molecule has 0 amide bonds. The van der Waals surface area contributed by atoms with Gasteiger partial charge in [-0.05, 0) is 31.7 Å². The number of likely N-dealkylation sites (tertiary alicyclic amines) is 1. The van der Waals surface area contributed by atoms with Crippen LogP contribution in [0.5, 0.6) is 0 Å². The molecular formula is C21H35N3O2. The highest BCUT2D eigenvalue weighted by Gasteiger charge is 2.27. The Labute approximate surface area is 158 Å². The van der Waals surface area contributed by atoms with E-state index in [1.807, 2.05) is 32.0 Å². The Morgan fingerprint density at radius 1 is 1.27 bits per heavy atom. The predicted molar refractivity (Wildman–Crippen MR) is 107 cm³/mol. The first-order chi connectivity index (χ1) is 12.6. The van der Waals surface area contributed by atoms with Gasteiger partial charge in [0.15, 0.2) is 5.96 Å². The van der Waals surface area contributed by atoms with E-state index in [2.05, 4.69) is 29.3 Å². The van der Waals surface area contributed by atoms with Crippen LogP contribution in [0.15, 0.2) is 35.3 Å². The molecule has 2 N–H and O–H groups in total. The number of guanidine groups is 1. The number of hydrogen-bond donors (Lipinski definition) is 2. The lowest BCUT2D eigenvalue weighted by Crippen LogP contribution is -2.42. The molecule has 1 aliphatic heterocycles. The molecule has 0 aromatic heterocycles. The van der Waals surface area contributed by atoms with Gasteiger partial charge in [-0.1, -0.05) is 44.2 Å². The maximum absolute atomic E-state index is 10.5. The largest absolute Gasteiger partial charge is 0.388 e. The highest BCUT2D eigenvalue weighted by molar-refractivity contribution is 5.80. The molecule has 1 fully saturated rings. The second-order valence-electron chi connectivity index (χ2n) is 7.20. The zero-order valence-electron chi connectivity index (χ0n) is 16.6. The van der Waals surface area contributed by atoms with Crippen molar-refractivity contribution >= 4 is 5.96 Å². The Bertz CT molecular complexity index is 543.